The second-order valence-corrected chi connectivity index (χ2v) is 8.70. The predicted octanol–water partition coefficient (Wildman–Crippen LogP) is 4.10. The van der Waals surface area contributed by atoms with Crippen LogP contribution in [0.4, 0.5) is 0 Å². The molecule has 0 aromatic heterocycles. The number of rotatable bonds is 4. The summed E-state index contributed by atoms with van der Waals surface area (Å²) < 4.78 is 5.12. The fraction of sp³-hybridized carbons (Fsp3) is 0.850. The minimum atomic E-state index is -0.00281. The lowest BCUT2D eigenvalue weighted by atomic mass is 9.46. The predicted molar refractivity (Wildman–Crippen MR) is 90.8 cm³/mol. The van der Waals surface area contributed by atoms with Gasteiger partial charge >= 0.3 is 5.97 Å². The molecule has 0 aromatic rings. The van der Waals surface area contributed by atoms with Crippen molar-refractivity contribution >= 4 is 5.97 Å². The highest BCUT2D eigenvalue weighted by Gasteiger charge is 2.54. The van der Waals surface area contributed by atoms with Crippen LogP contribution in [-0.2, 0) is 9.53 Å². The van der Waals surface area contributed by atoms with E-state index in [9.17, 15) is 9.90 Å². The van der Waals surface area contributed by atoms with Crippen molar-refractivity contribution in [3.05, 3.63) is 12.2 Å². The van der Waals surface area contributed by atoms with Crippen molar-refractivity contribution in [3.8, 4) is 0 Å². The number of fused-ring (bicyclic) bond motifs is 1. The van der Waals surface area contributed by atoms with E-state index < -0.39 is 0 Å². The highest BCUT2D eigenvalue weighted by atomic mass is 16.5. The van der Waals surface area contributed by atoms with Gasteiger partial charge < -0.3 is 9.84 Å². The zero-order valence-electron chi connectivity index (χ0n) is 14.8. The molecule has 1 heterocycles. The number of carbonyl (C=O) groups is 1. The van der Waals surface area contributed by atoms with Crippen molar-refractivity contribution in [1.82, 2.24) is 0 Å². The van der Waals surface area contributed by atoms with Crippen LogP contribution in [-0.4, -0.2) is 24.3 Å². The maximum atomic E-state index is 11.8. The molecule has 23 heavy (non-hydrogen) atoms. The van der Waals surface area contributed by atoms with Crippen molar-refractivity contribution in [2.24, 2.45) is 28.6 Å². The first kappa shape index (κ1) is 17.0. The SMILES string of the molecule is C=C1CCC2[C@@](C)(CO)CCC[C@]2(C)[C@H]1CC[C@@H]1CCOC1=O. The highest BCUT2D eigenvalue weighted by molar-refractivity contribution is 5.74. The van der Waals surface area contributed by atoms with Gasteiger partial charge in [-0.1, -0.05) is 32.4 Å². The number of carbonyl (C=O) groups excluding carboxylic acids is 1. The standard InChI is InChI=1S/C20H32O3/c1-14-5-8-17-19(2,13-21)10-4-11-20(17,3)16(14)7-6-15-9-12-23-18(15)22/h15-17,21H,1,4-13H2,2-3H3/t15-,16+,17?,19-,20-/m1/s1. The Kier molecular flexibility index (Phi) is 4.61. The Balaban J connectivity index is 1.77. The smallest absolute Gasteiger partial charge is 0.309 e. The van der Waals surface area contributed by atoms with E-state index >= 15 is 0 Å². The van der Waals surface area contributed by atoms with E-state index in [0.29, 0.717) is 25.0 Å². The van der Waals surface area contributed by atoms with Crippen LogP contribution in [0.15, 0.2) is 12.2 Å². The first-order chi connectivity index (χ1) is 10.9. The van der Waals surface area contributed by atoms with Gasteiger partial charge in [0.1, 0.15) is 0 Å². The Morgan fingerprint density at radius 1 is 1.26 bits per heavy atom. The molecule has 5 atom stereocenters. The van der Waals surface area contributed by atoms with E-state index in [0.717, 1.165) is 38.5 Å². The first-order valence-corrected chi connectivity index (χ1v) is 9.36. The summed E-state index contributed by atoms with van der Waals surface area (Å²) in [4.78, 5) is 11.8. The van der Waals surface area contributed by atoms with Gasteiger partial charge in [-0.25, -0.2) is 0 Å². The van der Waals surface area contributed by atoms with Crippen LogP contribution < -0.4 is 0 Å². The second kappa shape index (κ2) is 6.23. The van der Waals surface area contributed by atoms with Gasteiger partial charge in [-0.3, -0.25) is 4.79 Å². The number of esters is 1. The summed E-state index contributed by atoms with van der Waals surface area (Å²) in [5, 5.41) is 10.0. The van der Waals surface area contributed by atoms with E-state index in [-0.39, 0.29) is 22.7 Å². The molecule has 0 radical (unpaired) electrons. The maximum Gasteiger partial charge on any atom is 0.309 e. The van der Waals surface area contributed by atoms with Crippen LogP contribution >= 0.6 is 0 Å². The van der Waals surface area contributed by atoms with Crippen molar-refractivity contribution in [2.75, 3.05) is 13.2 Å². The van der Waals surface area contributed by atoms with Crippen LogP contribution in [0.2, 0.25) is 0 Å². The summed E-state index contributed by atoms with van der Waals surface area (Å²) >= 11 is 0. The lowest BCUT2D eigenvalue weighted by molar-refractivity contribution is -0.141. The van der Waals surface area contributed by atoms with Gasteiger partial charge in [0.05, 0.1) is 12.5 Å². The van der Waals surface area contributed by atoms with E-state index in [1.807, 2.05) is 0 Å². The van der Waals surface area contributed by atoms with Gasteiger partial charge in [-0.15, -0.1) is 0 Å². The lowest BCUT2D eigenvalue weighted by Crippen LogP contribution is -2.51. The largest absolute Gasteiger partial charge is 0.465 e. The zero-order valence-corrected chi connectivity index (χ0v) is 14.8. The minimum absolute atomic E-state index is 0.00281. The number of hydrogen-bond donors (Lipinski definition) is 1. The van der Waals surface area contributed by atoms with Crippen LogP contribution in [0.3, 0.4) is 0 Å². The molecule has 3 fully saturated rings. The van der Waals surface area contributed by atoms with E-state index in [4.69, 9.17) is 4.74 Å². The summed E-state index contributed by atoms with van der Waals surface area (Å²) in [5.41, 5.74) is 1.66. The zero-order chi connectivity index (χ0) is 16.7. The average Bonchev–Trinajstić information content (AvgIpc) is 2.91. The van der Waals surface area contributed by atoms with Gasteiger partial charge in [0.25, 0.3) is 0 Å². The third-order valence-corrected chi connectivity index (χ3v) is 7.35. The Morgan fingerprint density at radius 2 is 2.04 bits per heavy atom. The molecule has 1 aliphatic heterocycles. The molecule has 0 amide bonds. The maximum absolute atomic E-state index is 11.8. The van der Waals surface area contributed by atoms with E-state index in [1.165, 1.54) is 18.4 Å². The Bertz CT molecular complexity index is 485. The number of aliphatic hydroxyl groups excluding tert-OH is 1. The topological polar surface area (TPSA) is 46.5 Å². The number of hydrogen-bond acceptors (Lipinski definition) is 3. The molecule has 1 N–H and O–H groups in total. The van der Waals surface area contributed by atoms with Crippen LogP contribution in [0.25, 0.3) is 0 Å². The number of ether oxygens (including phenoxy) is 1. The van der Waals surface area contributed by atoms with Crippen molar-refractivity contribution in [2.45, 2.75) is 65.2 Å². The Hall–Kier alpha value is -0.830. The summed E-state index contributed by atoms with van der Waals surface area (Å²) in [6.07, 6.45) is 8.66. The highest BCUT2D eigenvalue weighted by Crippen LogP contribution is 2.61. The molecule has 2 saturated carbocycles. The molecule has 0 aromatic carbocycles. The molecule has 130 valence electrons. The summed E-state index contributed by atoms with van der Waals surface area (Å²) in [7, 11) is 0. The fourth-order valence-corrected chi connectivity index (χ4v) is 5.97. The van der Waals surface area contributed by atoms with Gasteiger partial charge in [-0.2, -0.15) is 0 Å². The van der Waals surface area contributed by atoms with E-state index in [2.05, 4.69) is 20.4 Å². The normalized spacial score (nSPS) is 44.0. The second-order valence-electron chi connectivity index (χ2n) is 8.70. The molecule has 1 saturated heterocycles. The summed E-state index contributed by atoms with van der Waals surface area (Å²) in [6, 6.07) is 0. The molecule has 0 spiro atoms. The van der Waals surface area contributed by atoms with Crippen molar-refractivity contribution in [1.29, 1.82) is 0 Å². The molecular weight excluding hydrogens is 288 g/mol. The molecule has 1 unspecified atom stereocenters. The van der Waals surface area contributed by atoms with Gasteiger partial charge in [0.2, 0.25) is 0 Å². The van der Waals surface area contributed by atoms with Crippen LogP contribution in [0, 0.1) is 28.6 Å². The quantitative estimate of drug-likeness (QED) is 0.626. The minimum Gasteiger partial charge on any atom is -0.465 e. The summed E-state index contributed by atoms with van der Waals surface area (Å²) in [5.74, 6) is 1.15. The third kappa shape index (κ3) is 2.86. The van der Waals surface area contributed by atoms with Gasteiger partial charge in [0.15, 0.2) is 0 Å². The summed E-state index contributed by atoms with van der Waals surface area (Å²) in [6.45, 7) is 9.97. The lowest BCUT2D eigenvalue weighted by Gasteiger charge is -2.58. The molecule has 3 heteroatoms. The molecule has 0 bridgehead atoms. The van der Waals surface area contributed by atoms with Gasteiger partial charge in [-0.05, 0) is 67.6 Å². The van der Waals surface area contributed by atoms with E-state index in [1.54, 1.807) is 0 Å². The van der Waals surface area contributed by atoms with Gasteiger partial charge in [0, 0.05) is 6.61 Å². The molecule has 3 rings (SSSR count). The van der Waals surface area contributed by atoms with Crippen molar-refractivity contribution in [3.63, 3.8) is 0 Å². The molecule has 2 aliphatic carbocycles. The van der Waals surface area contributed by atoms with Crippen LogP contribution in [0.5, 0.6) is 0 Å². The van der Waals surface area contributed by atoms with Crippen LogP contribution in [0.1, 0.15) is 65.2 Å². The number of aliphatic hydroxyl groups is 1. The third-order valence-electron chi connectivity index (χ3n) is 7.35. The molecule has 3 aliphatic rings. The molecular formula is C20H32O3. The number of cyclic esters (lactones) is 1. The van der Waals surface area contributed by atoms with Crippen molar-refractivity contribution < 1.29 is 14.6 Å². The Labute approximate surface area is 140 Å². The number of allylic oxidation sites excluding steroid dienone is 1. The average molecular weight is 320 g/mol. The fourth-order valence-electron chi connectivity index (χ4n) is 5.97. The monoisotopic (exact) mass is 320 g/mol. The Morgan fingerprint density at radius 3 is 2.70 bits per heavy atom. The first-order valence-electron chi connectivity index (χ1n) is 9.36. The molecule has 3 nitrogen and oxygen atoms in total.